The van der Waals surface area contributed by atoms with Gasteiger partial charge in [-0.15, -0.1) is 0 Å². The number of hydrogen-bond acceptors (Lipinski definition) is 3. The van der Waals surface area contributed by atoms with Crippen molar-refractivity contribution in [2.24, 2.45) is 0 Å². The molecule has 0 fully saturated rings. The fourth-order valence-electron chi connectivity index (χ4n) is 2.01. The van der Waals surface area contributed by atoms with E-state index in [9.17, 15) is 0 Å². The number of para-hydroxylation sites is 1. The Balaban J connectivity index is 2.37. The molecule has 0 unspecified atom stereocenters. The first-order chi connectivity index (χ1) is 8.77. The van der Waals surface area contributed by atoms with Gasteiger partial charge in [-0.05, 0) is 41.6 Å². The zero-order chi connectivity index (χ0) is 13.0. The highest BCUT2D eigenvalue weighted by Crippen LogP contribution is 2.30. The molecule has 0 atom stereocenters. The number of hydrogen-bond donors (Lipinski definition) is 1. The van der Waals surface area contributed by atoms with E-state index >= 15 is 0 Å². The first-order valence-corrected chi connectivity index (χ1v) is 7.24. The number of methoxy groups -OCH3 is 1. The van der Waals surface area contributed by atoms with Gasteiger partial charge in [-0.3, -0.25) is 0 Å². The van der Waals surface area contributed by atoms with Gasteiger partial charge in [0, 0.05) is 18.1 Å². The average molecular weight is 359 g/mol. The van der Waals surface area contributed by atoms with Crippen LogP contribution in [0.1, 0.15) is 24.7 Å². The summed E-state index contributed by atoms with van der Waals surface area (Å²) in [4.78, 5) is 0. The quantitative estimate of drug-likeness (QED) is 0.631. The largest absolute Gasteiger partial charge is 0.458 e. The predicted octanol–water partition coefficient (Wildman–Crippen LogP) is 3.68. The van der Waals surface area contributed by atoms with Crippen LogP contribution in [0.4, 0.5) is 0 Å². The second kappa shape index (κ2) is 6.54. The second-order valence-corrected chi connectivity index (χ2v) is 5.39. The minimum atomic E-state index is 0.593. The molecule has 0 bridgehead atoms. The van der Waals surface area contributed by atoms with Crippen molar-refractivity contribution in [1.29, 1.82) is 0 Å². The summed E-state index contributed by atoms with van der Waals surface area (Å²) in [5.74, 6) is 0.990. The van der Waals surface area contributed by atoms with Crippen molar-refractivity contribution in [3.63, 3.8) is 0 Å². The summed E-state index contributed by atoms with van der Waals surface area (Å²) < 4.78 is 12.4. The molecule has 3 nitrogen and oxygen atoms in total. The minimum absolute atomic E-state index is 0.593. The fraction of sp³-hybridized carbons (Fsp3) is 0.429. The van der Waals surface area contributed by atoms with Crippen molar-refractivity contribution in [2.75, 3.05) is 13.7 Å². The maximum atomic E-state index is 5.98. The Labute approximate surface area is 121 Å². The lowest BCUT2D eigenvalue weighted by molar-refractivity contribution is 0.183. The Hall–Kier alpha value is -0.590. The van der Waals surface area contributed by atoms with Crippen molar-refractivity contribution in [1.82, 2.24) is 5.32 Å². The highest BCUT2D eigenvalue weighted by molar-refractivity contribution is 14.1. The molecule has 1 N–H and O–H groups in total. The van der Waals surface area contributed by atoms with Crippen LogP contribution in [-0.2, 0) is 17.9 Å². The van der Waals surface area contributed by atoms with Gasteiger partial charge < -0.3 is 14.5 Å². The maximum absolute atomic E-state index is 5.98. The topological polar surface area (TPSA) is 34.4 Å². The number of fused-ring (bicyclic) bond motifs is 1. The molecule has 0 aliphatic rings. The van der Waals surface area contributed by atoms with Gasteiger partial charge >= 0.3 is 0 Å². The summed E-state index contributed by atoms with van der Waals surface area (Å²) in [7, 11) is 1.72. The van der Waals surface area contributed by atoms with Crippen LogP contribution in [0, 0.1) is 3.57 Å². The predicted molar refractivity (Wildman–Crippen MR) is 81.6 cm³/mol. The molecule has 2 aromatic rings. The number of ether oxygens (including phenoxy) is 1. The molecule has 1 heterocycles. The first-order valence-electron chi connectivity index (χ1n) is 6.16. The van der Waals surface area contributed by atoms with Crippen molar-refractivity contribution in [3.8, 4) is 0 Å². The Bertz CT molecular complexity index is 522. The lowest BCUT2D eigenvalue weighted by Gasteiger charge is -2.03. The number of furan rings is 1. The van der Waals surface area contributed by atoms with Gasteiger partial charge in [0.2, 0.25) is 0 Å². The normalized spacial score (nSPS) is 11.3. The van der Waals surface area contributed by atoms with Gasteiger partial charge in [0.15, 0.2) is 0 Å². The van der Waals surface area contributed by atoms with Crippen molar-refractivity contribution in [2.45, 2.75) is 26.5 Å². The zero-order valence-electron chi connectivity index (χ0n) is 10.8. The Morgan fingerprint density at radius 3 is 2.94 bits per heavy atom. The SMILES string of the molecule is CCCNCc1oc2c(I)cccc2c1COC. The fourth-order valence-corrected chi connectivity index (χ4v) is 2.62. The van der Waals surface area contributed by atoms with Gasteiger partial charge in [0.05, 0.1) is 16.7 Å². The van der Waals surface area contributed by atoms with E-state index in [1.54, 1.807) is 7.11 Å². The molecule has 18 heavy (non-hydrogen) atoms. The van der Waals surface area contributed by atoms with Gasteiger partial charge in [0.1, 0.15) is 11.3 Å². The molecule has 4 heteroatoms. The van der Waals surface area contributed by atoms with Crippen LogP contribution in [0.3, 0.4) is 0 Å². The van der Waals surface area contributed by atoms with Crippen LogP contribution in [0.15, 0.2) is 22.6 Å². The lowest BCUT2D eigenvalue weighted by Crippen LogP contribution is -2.14. The molecule has 0 saturated heterocycles. The molecule has 1 aromatic carbocycles. The number of benzene rings is 1. The standard InChI is InChI=1S/C14H18INO2/c1-3-7-16-8-13-11(9-17-2)10-5-4-6-12(15)14(10)18-13/h4-6,16H,3,7-9H2,1-2H3. The van der Waals surface area contributed by atoms with E-state index in [4.69, 9.17) is 9.15 Å². The molecular formula is C14H18INO2. The molecule has 0 aliphatic carbocycles. The smallest absolute Gasteiger partial charge is 0.148 e. The monoisotopic (exact) mass is 359 g/mol. The third-order valence-corrected chi connectivity index (χ3v) is 3.70. The summed E-state index contributed by atoms with van der Waals surface area (Å²) >= 11 is 2.31. The molecule has 0 radical (unpaired) electrons. The number of rotatable bonds is 6. The van der Waals surface area contributed by atoms with E-state index in [0.29, 0.717) is 6.61 Å². The van der Waals surface area contributed by atoms with E-state index < -0.39 is 0 Å². The van der Waals surface area contributed by atoms with Crippen molar-refractivity contribution < 1.29 is 9.15 Å². The van der Waals surface area contributed by atoms with Crippen LogP contribution in [-0.4, -0.2) is 13.7 Å². The van der Waals surface area contributed by atoms with Gasteiger partial charge in [0.25, 0.3) is 0 Å². The Morgan fingerprint density at radius 1 is 1.39 bits per heavy atom. The average Bonchev–Trinajstić information content (AvgIpc) is 2.71. The van der Waals surface area contributed by atoms with Crippen molar-refractivity contribution >= 4 is 33.6 Å². The summed E-state index contributed by atoms with van der Waals surface area (Å²) in [6, 6.07) is 6.22. The van der Waals surface area contributed by atoms with Gasteiger partial charge in [-0.1, -0.05) is 19.1 Å². The molecular weight excluding hydrogens is 341 g/mol. The summed E-state index contributed by atoms with van der Waals surface area (Å²) in [6.07, 6.45) is 1.12. The van der Waals surface area contributed by atoms with Gasteiger partial charge in [-0.2, -0.15) is 0 Å². The zero-order valence-corrected chi connectivity index (χ0v) is 12.9. The molecule has 0 amide bonds. The molecule has 0 aliphatic heterocycles. The molecule has 1 aromatic heterocycles. The minimum Gasteiger partial charge on any atom is -0.458 e. The summed E-state index contributed by atoms with van der Waals surface area (Å²) in [6.45, 7) is 4.51. The van der Waals surface area contributed by atoms with Crippen molar-refractivity contribution in [3.05, 3.63) is 33.1 Å². The van der Waals surface area contributed by atoms with E-state index in [0.717, 1.165) is 45.4 Å². The van der Waals surface area contributed by atoms with Crippen LogP contribution < -0.4 is 5.32 Å². The third kappa shape index (κ3) is 2.87. The Kier molecular flexibility index (Phi) is 5.03. The number of halogens is 1. The first kappa shape index (κ1) is 13.8. The van der Waals surface area contributed by atoms with E-state index in [-0.39, 0.29) is 0 Å². The van der Waals surface area contributed by atoms with Crippen LogP contribution in [0.25, 0.3) is 11.0 Å². The highest BCUT2D eigenvalue weighted by Gasteiger charge is 2.15. The summed E-state index contributed by atoms with van der Waals surface area (Å²) in [5.41, 5.74) is 2.13. The van der Waals surface area contributed by atoms with Crippen LogP contribution in [0.5, 0.6) is 0 Å². The summed E-state index contributed by atoms with van der Waals surface area (Å²) in [5, 5.41) is 4.54. The van der Waals surface area contributed by atoms with Gasteiger partial charge in [-0.25, -0.2) is 0 Å². The number of nitrogens with one attached hydrogen (secondary N) is 1. The molecule has 0 spiro atoms. The Morgan fingerprint density at radius 2 is 2.22 bits per heavy atom. The van der Waals surface area contributed by atoms with E-state index in [2.05, 4.69) is 53.0 Å². The van der Waals surface area contributed by atoms with Crippen LogP contribution in [0.2, 0.25) is 0 Å². The highest BCUT2D eigenvalue weighted by atomic mass is 127. The molecule has 0 saturated carbocycles. The van der Waals surface area contributed by atoms with Crippen LogP contribution >= 0.6 is 22.6 Å². The second-order valence-electron chi connectivity index (χ2n) is 4.23. The van der Waals surface area contributed by atoms with E-state index in [1.807, 2.05) is 0 Å². The molecule has 98 valence electrons. The maximum Gasteiger partial charge on any atom is 0.148 e. The third-order valence-electron chi connectivity index (χ3n) is 2.85. The lowest BCUT2D eigenvalue weighted by atomic mass is 10.1. The van der Waals surface area contributed by atoms with E-state index in [1.165, 1.54) is 0 Å². The molecule has 2 rings (SSSR count).